The summed E-state index contributed by atoms with van der Waals surface area (Å²) in [4.78, 5) is 6.92. The lowest BCUT2D eigenvalue weighted by Crippen LogP contribution is -2.51. The van der Waals surface area contributed by atoms with Crippen LogP contribution in [0.3, 0.4) is 0 Å². The summed E-state index contributed by atoms with van der Waals surface area (Å²) in [6.07, 6.45) is 3.78. The predicted octanol–water partition coefficient (Wildman–Crippen LogP) is 2.20. The molecule has 1 atom stereocenters. The highest BCUT2D eigenvalue weighted by molar-refractivity contribution is 7.87. The first kappa shape index (κ1) is 16.3. The van der Waals surface area contributed by atoms with Gasteiger partial charge in [0.2, 0.25) is 0 Å². The lowest BCUT2D eigenvalue weighted by molar-refractivity contribution is 0.425. The number of hydrogen-bond donors (Lipinski definition) is 1. The summed E-state index contributed by atoms with van der Waals surface area (Å²) >= 11 is 1.68. The topological polar surface area (TPSA) is 65.5 Å². The molecule has 4 rings (SSSR count). The SMILES string of the molecule is O=S(=O)(N[C@@H]1CCCN(c2nc3ccccc3s2)C1)N1CCCC1. The van der Waals surface area contributed by atoms with Crippen LogP contribution in [-0.4, -0.2) is 49.9 Å². The molecule has 2 aliphatic rings. The van der Waals surface area contributed by atoms with E-state index in [-0.39, 0.29) is 6.04 Å². The number of para-hydroxylation sites is 1. The molecule has 2 saturated heterocycles. The highest BCUT2D eigenvalue weighted by atomic mass is 32.2. The summed E-state index contributed by atoms with van der Waals surface area (Å²) in [5.74, 6) is 0. The van der Waals surface area contributed by atoms with Gasteiger partial charge in [-0.15, -0.1) is 0 Å². The standard InChI is InChI=1S/C16H22N4O2S2/c21-24(22,20-10-3-4-11-20)18-13-6-5-9-19(12-13)16-17-14-7-1-2-8-15(14)23-16/h1-2,7-8,13,18H,3-6,9-12H2/t13-/m1/s1. The second kappa shape index (κ2) is 6.59. The van der Waals surface area contributed by atoms with Gasteiger partial charge in [-0.2, -0.15) is 17.4 Å². The van der Waals surface area contributed by atoms with Crippen molar-refractivity contribution in [2.24, 2.45) is 0 Å². The monoisotopic (exact) mass is 366 g/mol. The van der Waals surface area contributed by atoms with Gasteiger partial charge in [-0.3, -0.25) is 0 Å². The summed E-state index contributed by atoms with van der Waals surface area (Å²) in [5, 5.41) is 0.987. The van der Waals surface area contributed by atoms with E-state index in [4.69, 9.17) is 4.98 Å². The molecule has 2 fully saturated rings. The molecule has 0 aliphatic carbocycles. The molecule has 2 aliphatic heterocycles. The first-order valence-electron chi connectivity index (χ1n) is 8.50. The molecule has 0 saturated carbocycles. The summed E-state index contributed by atoms with van der Waals surface area (Å²) in [6, 6.07) is 8.07. The third-order valence-corrected chi connectivity index (χ3v) is 7.47. The fourth-order valence-electron chi connectivity index (χ4n) is 3.46. The molecule has 1 aromatic carbocycles. The van der Waals surface area contributed by atoms with Crippen LogP contribution in [0.5, 0.6) is 0 Å². The van der Waals surface area contributed by atoms with Crippen molar-refractivity contribution in [3.8, 4) is 0 Å². The van der Waals surface area contributed by atoms with E-state index in [0.717, 1.165) is 42.9 Å². The van der Waals surface area contributed by atoms with Crippen LogP contribution in [0.25, 0.3) is 10.2 Å². The van der Waals surface area contributed by atoms with Gasteiger partial charge in [-0.1, -0.05) is 23.5 Å². The van der Waals surface area contributed by atoms with Gasteiger partial charge in [0.05, 0.1) is 10.2 Å². The van der Waals surface area contributed by atoms with E-state index in [1.54, 1.807) is 15.6 Å². The molecule has 0 amide bonds. The number of thiazole rings is 1. The van der Waals surface area contributed by atoms with Crippen LogP contribution in [0, 0.1) is 0 Å². The number of aromatic nitrogens is 1. The molecule has 1 aromatic heterocycles. The zero-order chi connectivity index (χ0) is 16.6. The molecule has 3 heterocycles. The van der Waals surface area contributed by atoms with Crippen molar-refractivity contribution < 1.29 is 8.42 Å². The van der Waals surface area contributed by atoms with Crippen LogP contribution in [0.1, 0.15) is 25.7 Å². The van der Waals surface area contributed by atoms with Gasteiger partial charge < -0.3 is 4.90 Å². The van der Waals surface area contributed by atoms with Gasteiger partial charge in [-0.05, 0) is 37.8 Å². The quantitative estimate of drug-likeness (QED) is 0.901. The second-order valence-electron chi connectivity index (χ2n) is 6.48. The Bertz CT molecular complexity index is 781. The van der Waals surface area contributed by atoms with Gasteiger partial charge in [-0.25, -0.2) is 4.98 Å². The molecular weight excluding hydrogens is 344 g/mol. The van der Waals surface area contributed by atoms with Crippen LogP contribution in [0.2, 0.25) is 0 Å². The highest BCUT2D eigenvalue weighted by Gasteiger charge is 2.30. The Morgan fingerprint density at radius 1 is 1.12 bits per heavy atom. The van der Waals surface area contributed by atoms with Gasteiger partial charge in [0.25, 0.3) is 10.2 Å². The third-order valence-electron chi connectivity index (χ3n) is 4.70. The van der Waals surface area contributed by atoms with E-state index in [9.17, 15) is 8.42 Å². The molecule has 0 bridgehead atoms. The van der Waals surface area contributed by atoms with Crippen LogP contribution in [-0.2, 0) is 10.2 Å². The van der Waals surface area contributed by atoms with Crippen molar-refractivity contribution in [2.45, 2.75) is 31.7 Å². The number of piperidine rings is 1. The molecule has 0 unspecified atom stereocenters. The van der Waals surface area contributed by atoms with Crippen LogP contribution in [0.15, 0.2) is 24.3 Å². The van der Waals surface area contributed by atoms with Crippen molar-refractivity contribution in [2.75, 3.05) is 31.1 Å². The average molecular weight is 367 g/mol. The van der Waals surface area contributed by atoms with E-state index in [2.05, 4.69) is 15.7 Å². The smallest absolute Gasteiger partial charge is 0.279 e. The summed E-state index contributed by atoms with van der Waals surface area (Å²) < 4.78 is 30.6. The molecular formula is C16H22N4O2S2. The largest absolute Gasteiger partial charge is 0.346 e. The van der Waals surface area contributed by atoms with Crippen molar-refractivity contribution in [3.63, 3.8) is 0 Å². The molecule has 24 heavy (non-hydrogen) atoms. The number of nitrogens with one attached hydrogen (secondary N) is 1. The van der Waals surface area contributed by atoms with Gasteiger partial charge in [0, 0.05) is 32.2 Å². The van der Waals surface area contributed by atoms with Crippen molar-refractivity contribution in [1.29, 1.82) is 0 Å². The Morgan fingerprint density at radius 3 is 2.71 bits per heavy atom. The predicted molar refractivity (Wildman–Crippen MR) is 97.7 cm³/mol. The number of fused-ring (bicyclic) bond motifs is 1. The Labute approximate surface area is 146 Å². The Morgan fingerprint density at radius 2 is 1.92 bits per heavy atom. The molecule has 130 valence electrons. The molecule has 0 radical (unpaired) electrons. The Hall–Kier alpha value is -1.22. The van der Waals surface area contributed by atoms with Crippen LogP contribution >= 0.6 is 11.3 Å². The minimum atomic E-state index is -3.35. The zero-order valence-corrected chi connectivity index (χ0v) is 15.2. The molecule has 0 spiro atoms. The molecule has 8 heteroatoms. The lowest BCUT2D eigenvalue weighted by atomic mass is 10.1. The number of hydrogen-bond acceptors (Lipinski definition) is 5. The Balaban J connectivity index is 1.47. The van der Waals surface area contributed by atoms with E-state index >= 15 is 0 Å². The first-order valence-corrected chi connectivity index (χ1v) is 10.8. The number of anilines is 1. The van der Waals surface area contributed by atoms with Crippen LogP contribution < -0.4 is 9.62 Å². The lowest BCUT2D eigenvalue weighted by Gasteiger charge is -2.33. The van der Waals surface area contributed by atoms with E-state index < -0.39 is 10.2 Å². The molecule has 1 N–H and O–H groups in total. The summed E-state index contributed by atoms with van der Waals surface area (Å²) in [7, 11) is -3.35. The fraction of sp³-hybridized carbons (Fsp3) is 0.562. The van der Waals surface area contributed by atoms with Crippen LogP contribution in [0.4, 0.5) is 5.13 Å². The maximum absolute atomic E-state index is 12.5. The zero-order valence-electron chi connectivity index (χ0n) is 13.5. The number of nitrogens with zero attached hydrogens (tertiary/aromatic N) is 3. The molecule has 6 nitrogen and oxygen atoms in total. The van der Waals surface area contributed by atoms with Gasteiger partial charge in [0.1, 0.15) is 0 Å². The molecule has 2 aromatic rings. The first-order chi connectivity index (χ1) is 11.6. The summed E-state index contributed by atoms with van der Waals surface area (Å²) in [5.41, 5.74) is 1.01. The third kappa shape index (κ3) is 3.28. The average Bonchev–Trinajstić information content (AvgIpc) is 3.24. The van der Waals surface area contributed by atoms with Crippen molar-refractivity contribution in [3.05, 3.63) is 24.3 Å². The fourth-order valence-corrected chi connectivity index (χ4v) is 5.96. The Kier molecular flexibility index (Phi) is 4.46. The van der Waals surface area contributed by atoms with Crippen molar-refractivity contribution in [1.82, 2.24) is 14.0 Å². The van der Waals surface area contributed by atoms with E-state index in [1.807, 2.05) is 18.2 Å². The maximum atomic E-state index is 12.5. The minimum Gasteiger partial charge on any atom is -0.346 e. The van der Waals surface area contributed by atoms with Gasteiger partial charge in [0.15, 0.2) is 5.13 Å². The summed E-state index contributed by atoms with van der Waals surface area (Å²) in [6.45, 7) is 2.90. The number of rotatable bonds is 4. The highest BCUT2D eigenvalue weighted by Crippen LogP contribution is 2.30. The van der Waals surface area contributed by atoms with E-state index in [0.29, 0.717) is 19.6 Å². The number of benzene rings is 1. The second-order valence-corrected chi connectivity index (χ2v) is 9.19. The normalized spacial score (nSPS) is 23.2. The van der Waals surface area contributed by atoms with E-state index in [1.165, 1.54) is 4.70 Å². The van der Waals surface area contributed by atoms with Gasteiger partial charge >= 0.3 is 0 Å². The van der Waals surface area contributed by atoms with Crippen molar-refractivity contribution >= 4 is 36.9 Å². The maximum Gasteiger partial charge on any atom is 0.279 e. The minimum absolute atomic E-state index is 0.0450.